The fraction of sp³-hybridized carbons (Fsp3) is 0.524. The fourth-order valence-electron chi connectivity index (χ4n) is 3.53. The van der Waals surface area contributed by atoms with Crippen LogP contribution >= 0.6 is 24.0 Å². The lowest BCUT2D eigenvalue weighted by Crippen LogP contribution is -2.39. The number of unbranched alkanes of at least 4 members (excludes halogenated alkanes) is 3. The van der Waals surface area contributed by atoms with Gasteiger partial charge in [0.15, 0.2) is 21.3 Å². The number of thioether (sulfide) groups is 1. The number of sulfone groups is 1. The Morgan fingerprint density at radius 1 is 1.27 bits per heavy atom. The van der Waals surface area contributed by atoms with E-state index in [1.54, 1.807) is 13.2 Å². The van der Waals surface area contributed by atoms with E-state index in [2.05, 4.69) is 6.92 Å². The third kappa shape index (κ3) is 5.56. The molecule has 6 nitrogen and oxygen atoms in total. The average molecular weight is 470 g/mol. The summed E-state index contributed by atoms with van der Waals surface area (Å²) in [7, 11) is -1.51. The molecule has 0 aromatic heterocycles. The summed E-state index contributed by atoms with van der Waals surface area (Å²) in [6.45, 7) is 2.81. The van der Waals surface area contributed by atoms with Crippen LogP contribution in [0.15, 0.2) is 23.1 Å². The highest BCUT2D eigenvalue weighted by atomic mass is 32.2. The van der Waals surface area contributed by atoms with Crippen molar-refractivity contribution in [3.63, 3.8) is 0 Å². The first-order chi connectivity index (χ1) is 14.3. The smallest absolute Gasteiger partial charge is 0.266 e. The number of hydrogen-bond donors (Lipinski definition) is 0. The number of amides is 1. The predicted octanol–water partition coefficient (Wildman–Crippen LogP) is 4.04. The second kappa shape index (κ2) is 10.2. The van der Waals surface area contributed by atoms with Gasteiger partial charge in [-0.3, -0.25) is 9.69 Å². The van der Waals surface area contributed by atoms with E-state index in [1.807, 2.05) is 18.2 Å². The van der Waals surface area contributed by atoms with Gasteiger partial charge in [0.05, 0.1) is 36.2 Å². The van der Waals surface area contributed by atoms with E-state index in [0.717, 1.165) is 18.4 Å². The molecule has 1 aromatic rings. The van der Waals surface area contributed by atoms with E-state index < -0.39 is 9.84 Å². The molecule has 2 heterocycles. The van der Waals surface area contributed by atoms with Crippen LogP contribution < -0.4 is 9.47 Å². The molecule has 0 aliphatic carbocycles. The van der Waals surface area contributed by atoms with Gasteiger partial charge < -0.3 is 9.47 Å². The second-order valence-electron chi connectivity index (χ2n) is 7.43. The summed E-state index contributed by atoms with van der Waals surface area (Å²) >= 11 is 6.56. The van der Waals surface area contributed by atoms with Crippen LogP contribution in [0.25, 0.3) is 6.08 Å². The number of nitrogens with zero attached hydrogens (tertiary/aromatic N) is 1. The molecular formula is C21H27NO5S3. The van der Waals surface area contributed by atoms with Crippen LogP contribution in [-0.2, 0) is 14.6 Å². The Balaban J connectivity index is 1.70. The quantitative estimate of drug-likeness (QED) is 0.307. The van der Waals surface area contributed by atoms with Gasteiger partial charge >= 0.3 is 0 Å². The molecule has 0 N–H and O–H groups in total. The maximum absolute atomic E-state index is 12.9. The van der Waals surface area contributed by atoms with Gasteiger partial charge in [0, 0.05) is 0 Å². The van der Waals surface area contributed by atoms with Crippen molar-refractivity contribution >= 4 is 50.1 Å². The number of carbonyl (C=O) groups excluding carboxylic acids is 1. The van der Waals surface area contributed by atoms with Gasteiger partial charge in [0.1, 0.15) is 4.32 Å². The SMILES string of the molecule is CCCCCCOc1ccc(/C=C2/SC(=S)N([C@H]3CCS(=O)(=O)C3)C2=O)cc1OC. The van der Waals surface area contributed by atoms with Crippen molar-refractivity contribution in [1.29, 1.82) is 0 Å². The van der Waals surface area contributed by atoms with Crippen molar-refractivity contribution in [3.8, 4) is 11.5 Å². The minimum atomic E-state index is -3.10. The Hall–Kier alpha value is -1.58. The monoisotopic (exact) mass is 469 g/mol. The standard InChI is InChI=1S/C21H27NO5S3/c1-3-4-5-6-10-27-17-8-7-15(12-18(17)26-2)13-19-20(23)22(21(28)29-19)16-9-11-30(24,25)14-16/h7-8,12-13,16H,3-6,9-11,14H2,1-2H3/b19-13+/t16-/m0/s1. The second-order valence-corrected chi connectivity index (χ2v) is 11.3. The van der Waals surface area contributed by atoms with Gasteiger partial charge in [-0.25, -0.2) is 8.42 Å². The molecule has 30 heavy (non-hydrogen) atoms. The Labute approximate surface area is 187 Å². The van der Waals surface area contributed by atoms with Crippen LogP contribution in [0.3, 0.4) is 0 Å². The molecule has 164 valence electrons. The van der Waals surface area contributed by atoms with Crippen LogP contribution in [0.1, 0.15) is 44.6 Å². The van der Waals surface area contributed by atoms with Crippen molar-refractivity contribution in [1.82, 2.24) is 4.90 Å². The zero-order chi connectivity index (χ0) is 21.7. The van der Waals surface area contributed by atoms with Gasteiger partial charge in [-0.05, 0) is 36.6 Å². The maximum Gasteiger partial charge on any atom is 0.266 e. The first kappa shape index (κ1) is 23.1. The molecule has 1 aromatic carbocycles. The molecule has 1 amide bonds. The van der Waals surface area contributed by atoms with E-state index in [9.17, 15) is 13.2 Å². The zero-order valence-electron chi connectivity index (χ0n) is 17.3. The number of carbonyl (C=O) groups is 1. The Morgan fingerprint density at radius 2 is 2.07 bits per heavy atom. The van der Waals surface area contributed by atoms with Crippen molar-refractivity contribution in [2.75, 3.05) is 25.2 Å². The number of benzene rings is 1. The van der Waals surface area contributed by atoms with E-state index in [0.29, 0.717) is 33.8 Å². The summed E-state index contributed by atoms with van der Waals surface area (Å²) in [5.41, 5.74) is 0.796. The van der Waals surface area contributed by atoms with Crippen LogP contribution in [0.2, 0.25) is 0 Å². The number of thiocarbonyl (C=S) groups is 1. The molecule has 1 atom stereocenters. The molecular weight excluding hydrogens is 442 g/mol. The number of ether oxygens (including phenoxy) is 2. The van der Waals surface area contributed by atoms with E-state index >= 15 is 0 Å². The maximum atomic E-state index is 12.9. The van der Waals surface area contributed by atoms with Crippen LogP contribution in [0.5, 0.6) is 11.5 Å². The van der Waals surface area contributed by atoms with Gasteiger partial charge in [0.2, 0.25) is 0 Å². The average Bonchev–Trinajstić information content (AvgIpc) is 3.20. The van der Waals surface area contributed by atoms with Gasteiger partial charge in [-0.1, -0.05) is 56.2 Å². The fourth-order valence-corrected chi connectivity index (χ4v) is 6.63. The lowest BCUT2D eigenvalue weighted by molar-refractivity contribution is -0.123. The van der Waals surface area contributed by atoms with E-state index in [1.165, 1.54) is 29.5 Å². The Bertz CT molecular complexity index is 942. The third-order valence-corrected chi connectivity index (χ3v) is 8.22. The molecule has 2 aliphatic heterocycles. The molecule has 0 unspecified atom stereocenters. The van der Waals surface area contributed by atoms with Crippen LogP contribution in [-0.4, -0.2) is 54.8 Å². The normalized spacial score (nSPS) is 22.1. The molecule has 2 aliphatic rings. The Kier molecular flexibility index (Phi) is 7.81. The number of rotatable bonds is 9. The molecule has 2 fully saturated rings. The van der Waals surface area contributed by atoms with Gasteiger partial charge in [0.25, 0.3) is 5.91 Å². The van der Waals surface area contributed by atoms with Crippen molar-refractivity contribution in [3.05, 3.63) is 28.7 Å². The first-order valence-corrected chi connectivity index (χ1v) is 13.2. The molecule has 0 radical (unpaired) electrons. The van der Waals surface area contributed by atoms with E-state index in [-0.39, 0.29) is 23.5 Å². The topological polar surface area (TPSA) is 72.9 Å². The predicted molar refractivity (Wildman–Crippen MR) is 125 cm³/mol. The van der Waals surface area contributed by atoms with Crippen LogP contribution in [0, 0.1) is 0 Å². The summed E-state index contributed by atoms with van der Waals surface area (Å²) in [6.07, 6.45) is 6.71. The molecule has 0 saturated carbocycles. The highest BCUT2D eigenvalue weighted by Crippen LogP contribution is 2.37. The van der Waals surface area contributed by atoms with Gasteiger partial charge in [-0.2, -0.15) is 0 Å². The molecule has 0 spiro atoms. The summed E-state index contributed by atoms with van der Waals surface area (Å²) in [5, 5.41) is 0. The molecule has 2 saturated heterocycles. The highest BCUT2D eigenvalue weighted by molar-refractivity contribution is 8.26. The third-order valence-electron chi connectivity index (χ3n) is 5.14. The zero-order valence-corrected chi connectivity index (χ0v) is 19.7. The molecule has 0 bridgehead atoms. The van der Waals surface area contributed by atoms with Crippen molar-refractivity contribution < 1.29 is 22.7 Å². The number of methoxy groups -OCH3 is 1. The van der Waals surface area contributed by atoms with E-state index in [4.69, 9.17) is 21.7 Å². The number of hydrogen-bond acceptors (Lipinski definition) is 7. The minimum absolute atomic E-state index is 0.0230. The molecule has 3 rings (SSSR count). The lowest BCUT2D eigenvalue weighted by atomic mass is 10.1. The largest absolute Gasteiger partial charge is 0.493 e. The summed E-state index contributed by atoms with van der Waals surface area (Å²) in [6, 6.07) is 5.17. The molecule has 9 heteroatoms. The summed E-state index contributed by atoms with van der Waals surface area (Å²) < 4.78 is 35.3. The highest BCUT2D eigenvalue weighted by Gasteiger charge is 2.42. The first-order valence-electron chi connectivity index (χ1n) is 10.1. The van der Waals surface area contributed by atoms with Crippen molar-refractivity contribution in [2.45, 2.75) is 45.1 Å². The summed E-state index contributed by atoms with van der Waals surface area (Å²) in [5.74, 6) is 1.13. The summed E-state index contributed by atoms with van der Waals surface area (Å²) in [4.78, 5) is 14.8. The Morgan fingerprint density at radius 3 is 2.73 bits per heavy atom. The van der Waals surface area contributed by atoms with Gasteiger partial charge in [-0.15, -0.1) is 0 Å². The van der Waals surface area contributed by atoms with Crippen molar-refractivity contribution in [2.24, 2.45) is 0 Å². The van der Waals surface area contributed by atoms with Crippen LogP contribution in [0.4, 0.5) is 0 Å². The minimum Gasteiger partial charge on any atom is -0.493 e. The lowest BCUT2D eigenvalue weighted by Gasteiger charge is -2.20.